The average Bonchev–Trinajstić information content (AvgIpc) is 3.83. The molecule has 2 heteroatoms. The van der Waals surface area contributed by atoms with Crippen LogP contribution in [0, 0.1) is 0 Å². The molecule has 0 saturated carbocycles. The second kappa shape index (κ2) is 12.2. The first-order valence-corrected chi connectivity index (χ1v) is 20.3. The number of benzene rings is 10. The van der Waals surface area contributed by atoms with Crippen LogP contribution in [0.15, 0.2) is 211 Å². The van der Waals surface area contributed by atoms with Crippen molar-refractivity contribution in [3.05, 3.63) is 229 Å². The lowest BCUT2D eigenvalue weighted by Crippen LogP contribution is -2.29. The van der Waals surface area contributed by atoms with E-state index in [2.05, 4.69) is 194 Å². The molecule has 13 rings (SSSR count). The van der Waals surface area contributed by atoms with Gasteiger partial charge in [-0.1, -0.05) is 164 Å². The standard InChI is InChI=1S/C57H34O2/c1-3-15-38(16-4-1)57(39-17-5-2-6-18-39)49-33-37(40-30-31-52-55-45(40)22-13-23-46(55)43-21-10-12-25-51(43)58-52)32-48(54(49)47-29-26-35-14-7-8-19-41(35)56(47)57)36-27-28-44-42-20-9-11-24-50(42)59-53(44)34-36/h1-34H. The summed E-state index contributed by atoms with van der Waals surface area (Å²) in [6.07, 6.45) is 0. The lowest BCUT2D eigenvalue weighted by molar-refractivity contribution is 0.487. The van der Waals surface area contributed by atoms with Crippen molar-refractivity contribution in [1.82, 2.24) is 0 Å². The summed E-state index contributed by atoms with van der Waals surface area (Å²) < 4.78 is 13.2. The first kappa shape index (κ1) is 32.4. The third-order valence-electron chi connectivity index (χ3n) is 12.9. The molecular weight excluding hydrogens is 717 g/mol. The maximum Gasteiger partial charge on any atom is 0.136 e. The van der Waals surface area contributed by atoms with Crippen LogP contribution in [-0.4, -0.2) is 0 Å². The van der Waals surface area contributed by atoms with Crippen molar-refractivity contribution in [2.45, 2.75) is 5.41 Å². The van der Waals surface area contributed by atoms with Crippen LogP contribution in [0.1, 0.15) is 22.3 Å². The molecule has 0 atom stereocenters. The molecular formula is C57H34O2. The fourth-order valence-corrected chi connectivity index (χ4v) is 10.5. The molecule has 2 aliphatic rings. The van der Waals surface area contributed by atoms with Gasteiger partial charge in [0.15, 0.2) is 0 Å². The number of hydrogen-bond acceptors (Lipinski definition) is 2. The van der Waals surface area contributed by atoms with Crippen molar-refractivity contribution < 1.29 is 9.15 Å². The van der Waals surface area contributed by atoms with Gasteiger partial charge >= 0.3 is 0 Å². The van der Waals surface area contributed by atoms with E-state index in [4.69, 9.17) is 9.15 Å². The minimum atomic E-state index is -0.628. The predicted molar refractivity (Wildman–Crippen MR) is 242 cm³/mol. The van der Waals surface area contributed by atoms with Crippen LogP contribution >= 0.6 is 0 Å². The summed E-state index contributed by atoms with van der Waals surface area (Å²) in [4.78, 5) is 0. The zero-order chi connectivity index (χ0) is 38.7. The maximum atomic E-state index is 6.59. The minimum absolute atomic E-state index is 0.628. The Hall–Kier alpha value is -7.68. The van der Waals surface area contributed by atoms with Crippen LogP contribution in [0.3, 0.4) is 0 Å². The summed E-state index contributed by atoms with van der Waals surface area (Å²) in [7, 11) is 0. The molecule has 0 saturated heterocycles. The highest BCUT2D eigenvalue weighted by molar-refractivity contribution is 6.12. The Morgan fingerprint density at radius 2 is 1.03 bits per heavy atom. The van der Waals surface area contributed by atoms with Gasteiger partial charge < -0.3 is 9.15 Å². The highest BCUT2D eigenvalue weighted by atomic mass is 16.5. The van der Waals surface area contributed by atoms with Crippen LogP contribution in [0.4, 0.5) is 0 Å². The van der Waals surface area contributed by atoms with Crippen molar-refractivity contribution in [2.75, 3.05) is 0 Å². The molecule has 1 aliphatic heterocycles. The monoisotopic (exact) mass is 750 g/mol. The van der Waals surface area contributed by atoms with Gasteiger partial charge in [0.1, 0.15) is 22.7 Å². The number of para-hydroxylation sites is 2. The van der Waals surface area contributed by atoms with E-state index in [1.54, 1.807) is 0 Å². The van der Waals surface area contributed by atoms with Crippen molar-refractivity contribution in [3.8, 4) is 56.0 Å². The maximum absolute atomic E-state index is 6.59. The van der Waals surface area contributed by atoms with E-state index in [1.165, 1.54) is 66.2 Å². The van der Waals surface area contributed by atoms with Crippen LogP contribution < -0.4 is 4.74 Å². The molecule has 1 aromatic heterocycles. The molecule has 1 aliphatic carbocycles. The van der Waals surface area contributed by atoms with Crippen LogP contribution in [0.5, 0.6) is 11.5 Å². The summed E-state index contributed by atoms with van der Waals surface area (Å²) in [6.45, 7) is 0. The molecule has 0 spiro atoms. The van der Waals surface area contributed by atoms with Crippen molar-refractivity contribution in [3.63, 3.8) is 0 Å². The highest BCUT2D eigenvalue weighted by Gasteiger charge is 2.48. The number of fused-ring (bicyclic) bond motifs is 10. The van der Waals surface area contributed by atoms with Gasteiger partial charge in [-0.15, -0.1) is 0 Å². The zero-order valence-electron chi connectivity index (χ0n) is 31.9. The molecule has 0 unspecified atom stereocenters. The van der Waals surface area contributed by atoms with Gasteiger partial charge in [0.25, 0.3) is 0 Å². The van der Waals surface area contributed by atoms with E-state index in [-0.39, 0.29) is 0 Å². The van der Waals surface area contributed by atoms with E-state index in [1.807, 2.05) is 12.1 Å². The molecule has 2 nitrogen and oxygen atoms in total. The summed E-state index contributed by atoms with van der Waals surface area (Å²) in [6, 6.07) is 75.3. The summed E-state index contributed by atoms with van der Waals surface area (Å²) in [5, 5.41) is 7.04. The summed E-state index contributed by atoms with van der Waals surface area (Å²) >= 11 is 0. The van der Waals surface area contributed by atoms with Gasteiger partial charge in [0.05, 0.1) is 5.41 Å². The molecule has 11 aromatic rings. The van der Waals surface area contributed by atoms with Gasteiger partial charge in [0.2, 0.25) is 0 Å². The van der Waals surface area contributed by atoms with Gasteiger partial charge in [-0.25, -0.2) is 0 Å². The zero-order valence-corrected chi connectivity index (χ0v) is 31.9. The van der Waals surface area contributed by atoms with Gasteiger partial charge in [-0.2, -0.15) is 0 Å². The Morgan fingerprint density at radius 1 is 0.356 bits per heavy atom. The molecule has 0 N–H and O–H groups in total. The van der Waals surface area contributed by atoms with Crippen LogP contribution in [0.2, 0.25) is 0 Å². The van der Waals surface area contributed by atoms with Crippen molar-refractivity contribution in [2.24, 2.45) is 0 Å². The topological polar surface area (TPSA) is 22.4 Å². The normalized spacial score (nSPS) is 13.4. The van der Waals surface area contributed by atoms with E-state index >= 15 is 0 Å². The number of furan rings is 1. The van der Waals surface area contributed by atoms with E-state index in [9.17, 15) is 0 Å². The molecule has 0 amide bonds. The summed E-state index contributed by atoms with van der Waals surface area (Å²) in [5.74, 6) is 1.78. The van der Waals surface area contributed by atoms with E-state index in [0.29, 0.717) is 0 Å². The fraction of sp³-hybridized carbons (Fsp3) is 0.0175. The third-order valence-corrected chi connectivity index (χ3v) is 12.9. The van der Waals surface area contributed by atoms with Crippen molar-refractivity contribution >= 4 is 43.5 Å². The van der Waals surface area contributed by atoms with Gasteiger partial charge in [0, 0.05) is 21.7 Å². The van der Waals surface area contributed by atoms with Crippen molar-refractivity contribution in [1.29, 1.82) is 0 Å². The van der Waals surface area contributed by atoms with E-state index in [0.717, 1.165) is 55.5 Å². The second-order valence-electron chi connectivity index (χ2n) is 15.9. The van der Waals surface area contributed by atoms with Crippen LogP contribution in [-0.2, 0) is 5.41 Å². The average molecular weight is 751 g/mol. The fourth-order valence-electron chi connectivity index (χ4n) is 10.5. The number of ether oxygens (including phenoxy) is 1. The minimum Gasteiger partial charge on any atom is -0.456 e. The smallest absolute Gasteiger partial charge is 0.136 e. The largest absolute Gasteiger partial charge is 0.456 e. The molecule has 274 valence electrons. The highest BCUT2D eigenvalue weighted by Crippen LogP contribution is 2.61. The van der Waals surface area contributed by atoms with Crippen LogP contribution in [0.25, 0.3) is 88.0 Å². The molecule has 10 aromatic carbocycles. The Balaban J connectivity index is 1.19. The predicted octanol–water partition coefficient (Wildman–Crippen LogP) is 15.4. The number of hydrogen-bond donors (Lipinski definition) is 0. The van der Waals surface area contributed by atoms with Gasteiger partial charge in [-0.05, 0) is 120 Å². The quantitative estimate of drug-likeness (QED) is 0.179. The Bertz CT molecular complexity index is 3480. The molecule has 0 fully saturated rings. The summed E-state index contributed by atoms with van der Waals surface area (Å²) in [5.41, 5.74) is 15.6. The molecule has 59 heavy (non-hydrogen) atoms. The Labute approximate surface area is 341 Å². The lowest BCUT2D eigenvalue weighted by atomic mass is 9.66. The van der Waals surface area contributed by atoms with E-state index < -0.39 is 5.41 Å². The third kappa shape index (κ3) is 4.46. The first-order valence-electron chi connectivity index (χ1n) is 20.3. The number of rotatable bonds is 4. The molecule has 0 bridgehead atoms. The first-order chi connectivity index (χ1) is 29.3. The lowest BCUT2D eigenvalue weighted by Gasteiger charge is -2.35. The SMILES string of the molecule is c1ccc(C2(c3ccccc3)c3cc(-c4ccc5c6c(cccc46)-c4ccccc4O5)cc(-c4ccc5c(c4)oc4ccccc45)c3-c3ccc4ccccc4c32)cc1. The Kier molecular flexibility index (Phi) is 6.68. The Morgan fingerprint density at radius 3 is 1.88 bits per heavy atom. The molecule has 0 radical (unpaired) electrons. The van der Waals surface area contributed by atoms with Gasteiger partial charge in [-0.3, -0.25) is 0 Å². The second-order valence-corrected chi connectivity index (χ2v) is 15.9. The molecule has 2 heterocycles.